The topological polar surface area (TPSA) is 144 Å². The van der Waals surface area contributed by atoms with E-state index in [9.17, 15) is 29.4 Å². The van der Waals surface area contributed by atoms with Crippen LogP contribution in [0.5, 0.6) is 11.5 Å². The van der Waals surface area contributed by atoms with E-state index >= 15 is 0 Å². The van der Waals surface area contributed by atoms with Gasteiger partial charge in [0, 0.05) is 10.8 Å². The summed E-state index contributed by atoms with van der Waals surface area (Å²) in [6, 6.07) is 12.4. The first-order chi connectivity index (χ1) is 16.5. The molecule has 164 valence electrons. The van der Waals surface area contributed by atoms with Crippen LogP contribution in [0.1, 0.15) is 20.7 Å². The number of fused-ring (bicyclic) bond motifs is 2. The van der Waals surface area contributed by atoms with E-state index in [0.29, 0.717) is 37.7 Å². The van der Waals surface area contributed by atoms with E-state index in [4.69, 9.17) is 13.0 Å². The molecule has 34 heavy (non-hydrogen) atoms. The summed E-state index contributed by atoms with van der Waals surface area (Å²) in [5.41, 5.74) is -0.242. The van der Waals surface area contributed by atoms with Gasteiger partial charge in [-0.15, -0.1) is 0 Å². The Balaban J connectivity index is 0.00000133. The molecule has 0 atom stereocenters. The fourth-order valence-corrected chi connectivity index (χ4v) is 4.48. The van der Waals surface area contributed by atoms with Gasteiger partial charge >= 0.3 is 33.8 Å². The molecule has 0 bridgehead atoms. The van der Waals surface area contributed by atoms with Gasteiger partial charge in [0.1, 0.15) is 11.5 Å². The molecule has 0 unspecified atom stereocenters. The standard InChI is InChI=1S/C24H12O8.O.Zn/c25-9-31-17-7-5-13-11-1-3-15(23(27)28)21-16(24(29)30)4-2-12(19(11)21)14-6-8-18(32-10-26)22(17)20(13)14;;/h1-10H,(H,27,28)(H,29,30);;. The van der Waals surface area contributed by atoms with Crippen molar-refractivity contribution < 1.29 is 60.7 Å². The molecule has 0 heterocycles. The summed E-state index contributed by atoms with van der Waals surface area (Å²) in [6.07, 6.45) is 0. The van der Waals surface area contributed by atoms with Gasteiger partial charge in [-0.25, -0.2) is 9.59 Å². The van der Waals surface area contributed by atoms with Crippen LogP contribution < -0.4 is 9.47 Å². The quantitative estimate of drug-likeness (QED) is 0.150. The number of ether oxygens (including phenoxy) is 2. The van der Waals surface area contributed by atoms with E-state index in [-0.39, 0.29) is 59.2 Å². The minimum atomic E-state index is -1.24. The zero-order valence-electron chi connectivity index (χ0n) is 17.2. The van der Waals surface area contributed by atoms with Crippen molar-refractivity contribution in [3.05, 3.63) is 59.7 Å². The molecule has 0 radical (unpaired) electrons. The molecule has 0 amide bonds. The molecule has 0 aliphatic rings. The summed E-state index contributed by atoms with van der Waals surface area (Å²) in [6.45, 7) is 0.537. The Kier molecular flexibility index (Phi) is 6.00. The second-order valence-corrected chi connectivity index (χ2v) is 7.08. The zero-order valence-corrected chi connectivity index (χ0v) is 20.2. The van der Waals surface area contributed by atoms with Crippen molar-refractivity contribution in [2.75, 3.05) is 0 Å². The summed E-state index contributed by atoms with van der Waals surface area (Å²) >= 11 is 0.125. The summed E-state index contributed by atoms with van der Waals surface area (Å²) < 4.78 is 18.6. The molecule has 0 aromatic heterocycles. The fraction of sp³-hybridized carbons (Fsp3) is 0. The first-order valence-corrected chi connectivity index (χ1v) is 10.8. The maximum atomic E-state index is 11.9. The van der Waals surface area contributed by atoms with Gasteiger partial charge in [0.2, 0.25) is 0 Å². The molecular formula is C24H12O9Zn. The summed E-state index contributed by atoms with van der Waals surface area (Å²) in [7, 11) is 0. The number of carboxylic acids is 2. The summed E-state index contributed by atoms with van der Waals surface area (Å²) in [5.74, 6) is -2.11. The van der Waals surface area contributed by atoms with Gasteiger partial charge in [-0.05, 0) is 63.3 Å². The van der Waals surface area contributed by atoms with E-state index in [1.54, 1.807) is 24.3 Å². The van der Waals surface area contributed by atoms with Gasteiger partial charge in [-0.1, -0.05) is 12.1 Å². The first kappa shape index (κ1) is 22.9. The van der Waals surface area contributed by atoms with Gasteiger partial charge in [0.05, 0.1) is 16.5 Å². The predicted molar refractivity (Wildman–Crippen MR) is 116 cm³/mol. The van der Waals surface area contributed by atoms with Crippen LogP contribution in [-0.4, -0.2) is 35.1 Å². The van der Waals surface area contributed by atoms with E-state index in [0.717, 1.165) is 0 Å². The summed E-state index contributed by atoms with van der Waals surface area (Å²) in [4.78, 5) is 45.9. The normalized spacial score (nSPS) is 10.8. The molecule has 0 spiro atoms. The van der Waals surface area contributed by atoms with Crippen LogP contribution in [-0.2, 0) is 31.4 Å². The van der Waals surface area contributed by atoms with Crippen LogP contribution in [0.15, 0.2) is 48.5 Å². The molecule has 5 aromatic carbocycles. The minimum absolute atomic E-state index is 0.121. The number of hydrogen-bond donors (Lipinski definition) is 2. The van der Waals surface area contributed by atoms with Crippen molar-refractivity contribution in [3.63, 3.8) is 0 Å². The second-order valence-electron chi connectivity index (χ2n) is 7.08. The monoisotopic (exact) mass is 508 g/mol. The molecular weight excluding hydrogens is 498 g/mol. The van der Waals surface area contributed by atoms with Gasteiger partial charge < -0.3 is 19.7 Å². The number of carboxylic acid groups (broad SMARTS) is 2. The Labute approximate surface area is 199 Å². The molecule has 10 heteroatoms. The van der Waals surface area contributed by atoms with Crippen molar-refractivity contribution in [1.82, 2.24) is 0 Å². The van der Waals surface area contributed by atoms with Gasteiger partial charge in [0.15, 0.2) is 0 Å². The molecule has 5 rings (SSSR count). The molecule has 0 fully saturated rings. The van der Waals surface area contributed by atoms with Crippen LogP contribution in [0.4, 0.5) is 0 Å². The zero-order chi connectivity index (χ0) is 24.6. The Morgan fingerprint density at radius 3 is 1.29 bits per heavy atom. The third-order valence-corrected chi connectivity index (χ3v) is 5.64. The molecule has 2 N–H and O–H groups in total. The Bertz CT molecular complexity index is 1530. The summed E-state index contributed by atoms with van der Waals surface area (Å²) in [5, 5.41) is 23.6. The Morgan fingerprint density at radius 2 is 0.941 bits per heavy atom. The maximum absolute atomic E-state index is 11.9. The third kappa shape index (κ3) is 3.27. The van der Waals surface area contributed by atoms with E-state index < -0.39 is 11.9 Å². The molecule has 5 aromatic rings. The van der Waals surface area contributed by atoms with Crippen LogP contribution in [0, 0.1) is 0 Å². The van der Waals surface area contributed by atoms with Crippen LogP contribution >= 0.6 is 0 Å². The van der Waals surface area contributed by atoms with Crippen molar-refractivity contribution in [1.29, 1.82) is 0 Å². The van der Waals surface area contributed by atoms with E-state index in [1.165, 1.54) is 24.3 Å². The SMILES string of the molecule is O=COc1ccc2c3ccc(C(=O)O)c4c(C(=O)O)ccc(c5ccc(OC=O)c1c25)c43.[O]=[Zn]. The number of carbonyl (C=O) groups is 4. The third-order valence-electron chi connectivity index (χ3n) is 5.64. The number of hydrogen-bond acceptors (Lipinski definition) is 7. The molecule has 0 saturated heterocycles. The first-order valence-electron chi connectivity index (χ1n) is 9.64. The Hall–Kier alpha value is -4.30. The van der Waals surface area contributed by atoms with Crippen LogP contribution in [0.25, 0.3) is 43.1 Å². The van der Waals surface area contributed by atoms with Gasteiger partial charge in [-0.3, -0.25) is 9.59 Å². The second kappa shape index (κ2) is 8.92. The molecule has 0 aliphatic carbocycles. The molecule has 9 nitrogen and oxygen atoms in total. The van der Waals surface area contributed by atoms with Crippen molar-refractivity contribution in [3.8, 4) is 11.5 Å². The van der Waals surface area contributed by atoms with Crippen LogP contribution in [0.3, 0.4) is 0 Å². The van der Waals surface area contributed by atoms with Crippen molar-refractivity contribution in [2.24, 2.45) is 0 Å². The number of aromatic carboxylic acids is 2. The van der Waals surface area contributed by atoms with Crippen molar-refractivity contribution in [2.45, 2.75) is 0 Å². The van der Waals surface area contributed by atoms with Crippen LogP contribution in [0.2, 0.25) is 0 Å². The fourth-order valence-electron chi connectivity index (χ4n) is 4.48. The number of benzene rings is 5. The van der Waals surface area contributed by atoms with E-state index in [2.05, 4.69) is 0 Å². The number of rotatable bonds is 6. The van der Waals surface area contributed by atoms with Gasteiger partial charge in [0.25, 0.3) is 12.9 Å². The average molecular weight is 510 g/mol. The Morgan fingerprint density at radius 1 is 0.588 bits per heavy atom. The van der Waals surface area contributed by atoms with Crippen molar-refractivity contribution >= 4 is 68.0 Å². The molecule has 0 saturated carbocycles. The predicted octanol–water partition coefficient (Wildman–Crippen LogP) is 4.08. The van der Waals surface area contributed by atoms with Gasteiger partial charge in [-0.2, -0.15) is 0 Å². The number of carbonyl (C=O) groups excluding carboxylic acids is 2. The van der Waals surface area contributed by atoms with E-state index in [1.807, 2.05) is 0 Å². The molecule has 0 aliphatic heterocycles. The average Bonchev–Trinajstić information content (AvgIpc) is 2.84.